The average molecular weight is 172 g/mol. The second-order valence-corrected chi connectivity index (χ2v) is 3.57. The van der Waals surface area contributed by atoms with Gasteiger partial charge in [-0.05, 0) is 20.3 Å². The van der Waals surface area contributed by atoms with E-state index in [9.17, 15) is 5.11 Å². The highest BCUT2D eigenvalue weighted by atomic mass is 16.5. The van der Waals surface area contributed by atoms with Gasteiger partial charge in [-0.25, -0.2) is 5.11 Å². The standard InChI is InChI=1S/C9H18NO2/c1-8-6-10(4-3-5-11)7-9(2)12-8/h8-9H,3-7H2,1-2H3. The first-order chi connectivity index (χ1) is 5.72. The zero-order valence-corrected chi connectivity index (χ0v) is 7.95. The van der Waals surface area contributed by atoms with Gasteiger partial charge >= 0.3 is 0 Å². The molecule has 0 aliphatic carbocycles. The fourth-order valence-electron chi connectivity index (χ4n) is 1.76. The van der Waals surface area contributed by atoms with Gasteiger partial charge in [0.2, 0.25) is 0 Å². The lowest BCUT2D eigenvalue weighted by Crippen LogP contribution is -2.45. The van der Waals surface area contributed by atoms with Crippen LogP contribution in [0.3, 0.4) is 0 Å². The van der Waals surface area contributed by atoms with E-state index in [1.54, 1.807) is 0 Å². The van der Waals surface area contributed by atoms with Crippen molar-refractivity contribution in [1.82, 2.24) is 4.90 Å². The van der Waals surface area contributed by atoms with Crippen molar-refractivity contribution in [2.75, 3.05) is 26.2 Å². The Morgan fingerprint density at radius 2 is 1.92 bits per heavy atom. The van der Waals surface area contributed by atoms with Gasteiger partial charge < -0.3 is 4.74 Å². The maximum Gasteiger partial charge on any atom is 0.0834 e. The van der Waals surface area contributed by atoms with E-state index in [4.69, 9.17) is 4.74 Å². The summed E-state index contributed by atoms with van der Waals surface area (Å²) in [5, 5.41) is 10.3. The molecule has 1 saturated heterocycles. The predicted molar refractivity (Wildman–Crippen MR) is 46.6 cm³/mol. The van der Waals surface area contributed by atoms with Crippen molar-refractivity contribution in [3.05, 3.63) is 0 Å². The lowest BCUT2D eigenvalue weighted by Gasteiger charge is -2.35. The van der Waals surface area contributed by atoms with Crippen LogP contribution in [0.2, 0.25) is 0 Å². The van der Waals surface area contributed by atoms with Crippen LogP contribution in [-0.2, 0) is 9.84 Å². The molecule has 1 aliphatic rings. The van der Waals surface area contributed by atoms with Gasteiger partial charge in [-0.3, -0.25) is 4.90 Å². The lowest BCUT2D eigenvalue weighted by molar-refractivity contribution is -0.0692. The highest BCUT2D eigenvalue weighted by Gasteiger charge is 2.21. The number of hydrogen-bond acceptors (Lipinski definition) is 2. The third kappa shape index (κ3) is 3.09. The summed E-state index contributed by atoms with van der Waals surface area (Å²) in [5.74, 6) is 0. The summed E-state index contributed by atoms with van der Waals surface area (Å²) in [6.45, 7) is 7.09. The second kappa shape index (κ2) is 4.80. The first kappa shape index (κ1) is 9.96. The average Bonchev–Trinajstić information content (AvgIpc) is 1.99. The minimum absolute atomic E-state index is 0.0418. The normalized spacial score (nSPS) is 32.2. The van der Waals surface area contributed by atoms with Crippen molar-refractivity contribution in [3.63, 3.8) is 0 Å². The summed E-state index contributed by atoms with van der Waals surface area (Å²) < 4.78 is 5.58. The highest BCUT2D eigenvalue weighted by molar-refractivity contribution is 4.72. The molecule has 1 radical (unpaired) electrons. The highest BCUT2D eigenvalue weighted by Crippen LogP contribution is 2.10. The van der Waals surface area contributed by atoms with Crippen LogP contribution in [0.5, 0.6) is 0 Å². The van der Waals surface area contributed by atoms with Gasteiger partial charge in [-0.1, -0.05) is 0 Å². The summed E-state index contributed by atoms with van der Waals surface area (Å²) in [6, 6.07) is 0. The van der Waals surface area contributed by atoms with E-state index in [2.05, 4.69) is 18.7 Å². The van der Waals surface area contributed by atoms with Crippen molar-refractivity contribution in [2.24, 2.45) is 0 Å². The topological polar surface area (TPSA) is 32.4 Å². The Bertz CT molecular complexity index is 120. The van der Waals surface area contributed by atoms with Crippen molar-refractivity contribution in [3.8, 4) is 0 Å². The van der Waals surface area contributed by atoms with Crippen LogP contribution in [0.15, 0.2) is 0 Å². The molecule has 0 aromatic heterocycles. The van der Waals surface area contributed by atoms with E-state index in [0.29, 0.717) is 12.2 Å². The Morgan fingerprint density at radius 1 is 1.33 bits per heavy atom. The summed E-state index contributed by atoms with van der Waals surface area (Å²) in [6.07, 6.45) is 1.40. The Kier molecular flexibility index (Phi) is 3.98. The van der Waals surface area contributed by atoms with Crippen molar-refractivity contribution in [1.29, 1.82) is 0 Å². The molecule has 0 spiro atoms. The maximum absolute atomic E-state index is 10.3. The third-order valence-corrected chi connectivity index (χ3v) is 2.11. The van der Waals surface area contributed by atoms with Gasteiger partial charge in [0.15, 0.2) is 0 Å². The quantitative estimate of drug-likeness (QED) is 0.634. The van der Waals surface area contributed by atoms with E-state index in [1.165, 1.54) is 0 Å². The van der Waals surface area contributed by atoms with E-state index in [0.717, 1.165) is 26.1 Å². The molecular formula is C9H18NO2. The fraction of sp³-hybridized carbons (Fsp3) is 1.00. The van der Waals surface area contributed by atoms with E-state index < -0.39 is 0 Å². The van der Waals surface area contributed by atoms with Crippen LogP contribution in [-0.4, -0.2) is 43.3 Å². The van der Waals surface area contributed by atoms with Gasteiger partial charge in [0.25, 0.3) is 0 Å². The smallest absolute Gasteiger partial charge is 0.0834 e. The second-order valence-electron chi connectivity index (χ2n) is 3.57. The predicted octanol–water partition coefficient (Wildman–Crippen LogP) is 0.916. The molecule has 2 atom stereocenters. The number of morpholine rings is 1. The summed E-state index contributed by atoms with van der Waals surface area (Å²) >= 11 is 0. The number of nitrogens with zero attached hydrogens (tertiary/aromatic N) is 1. The number of ether oxygens (including phenoxy) is 1. The molecule has 71 valence electrons. The van der Waals surface area contributed by atoms with Gasteiger partial charge in [0, 0.05) is 19.6 Å². The zero-order valence-electron chi connectivity index (χ0n) is 7.95. The van der Waals surface area contributed by atoms with Gasteiger partial charge in [-0.2, -0.15) is 0 Å². The molecule has 3 heteroatoms. The molecule has 0 aromatic rings. The maximum atomic E-state index is 10.3. The Labute approximate surface area is 74.3 Å². The SMILES string of the molecule is CC1CN(CCC[O])CC(C)O1. The van der Waals surface area contributed by atoms with E-state index in [1.807, 2.05) is 0 Å². The van der Waals surface area contributed by atoms with E-state index in [-0.39, 0.29) is 6.61 Å². The monoisotopic (exact) mass is 172 g/mol. The molecule has 1 heterocycles. The molecular weight excluding hydrogens is 154 g/mol. The Balaban J connectivity index is 2.24. The minimum Gasteiger partial charge on any atom is -0.373 e. The largest absolute Gasteiger partial charge is 0.373 e. The van der Waals surface area contributed by atoms with Crippen LogP contribution in [0, 0.1) is 0 Å². The number of hydrogen-bond donors (Lipinski definition) is 0. The van der Waals surface area contributed by atoms with Crippen LogP contribution in [0.1, 0.15) is 20.3 Å². The Hall–Kier alpha value is -0.120. The van der Waals surface area contributed by atoms with Crippen molar-refractivity contribution in [2.45, 2.75) is 32.5 Å². The van der Waals surface area contributed by atoms with E-state index >= 15 is 0 Å². The molecule has 2 unspecified atom stereocenters. The zero-order chi connectivity index (χ0) is 8.97. The molecule has 0 N–H and O–H groups in total. The van der Waals surface area contributed by atoms with Gasteiger partial charge in [-0.15, -0.1) is 0 Å². The van der Waals surface area contributed by atoms with Crippen molar-refractivity contribution < 1.29 is 9.84 Å². The van der Waals surface area contributed by atoms with Crippen LogP contribution in [0.25, 0.3) is 0 Å². The minimum atomic E-state index is 0.0418. The molecule has 1 aliphatic heterocycles. The lowest BCUT2D eigenvalue weighted by atomic mass is 10.2. The Morgan fingerprint density at radius 3 is 2.42 bits per heavy atom. The third-order valence-electron chi connectivity index (χ3n) is 2.11. The molecule has 12 heavy (non-hydrogen) atoms. The summed E-state index contributed by atoms with van der Waals surface area (Å²) in [5.41, 5.74) is 0. The fourth-order valence-corrected chi connectivity index (χ4v) is 1.76. The summed E-state index contributed by atoms with van der Waals surface area (Å²) in [7, 11) is 0. The van der Waals surface area contributed by atoms with Crippen LogP contribution >= 0.6 is 0 Å². The first-order valence-electron chi connectivity index (χ1n) is 4.68. The number of rotatable bonds is 3. The molecule has 0 aromatic carbocycles. The van der Waals surface area contributed by atoms with Gasteiger partial charge in [0.1, 0.15) is 0 Å². The molecule has 1 rings (SSSR count). The molecule has 0 bridgehead atoms. The van der Waals surface area contributed by atoms with Gasteiger partial charge in [0.05, 0.1) is 18.8 Å². The molecule has 3 nitrogen and oxygen atoms in total. The van der Waals surface area contributed by atoms with Crippen molar-refractivity contribution >= 4 is 0 Å². The summed E-state index contributed by atoms with van der Waals surface area (Å²) in [4.78, 5) is 2.32. The first-order valence-corrected chi connectivity index (χ1v) is 4.68. The molecule has 0 saturated carbocycles. The molecule has 0 amide bonds. The van der Waals surface area contributed by atoms with Crippen LogP contribution < -0.4 is 0 Å². The molecule has 1 fully saturated rings. The van der Waals surface area contributed by atoms with Crippen LogP contribution in [0.4, 0.5) is 0 Å².